The van der Waals surface area contributed by atoms with Crippen molar-refractivity contribution in [2.75, 3.05) is 17.4 Å². The molecule has 0 spiro atoms. The van der Waals surface area contributed by atoms with Gasteiger partial charge in [-0.2, -0.15) is 0 Å². The van der Waals surface area contributed by atoms with Crippen LogP contribution in [0, 0.1) is 6.92 Å². The monoisotopic (exact) mass is 549 g/mol. The van der Waals surface area contributed by atoms with E-state index >= 15 is 0 Å². The molecule has 0 aliphatic heterocycles. The molecule has 3 rings (SSSR count). The van der Waals surface area contributed by atoms with Crippen LogP contribution in [0.2, 0.25) is 0 Å². The first-order valence-electron chi connectivity index (χ1n) is 13.5. The number of nitrogens with one attached hydrogen (secondary N) is 1. The minimum atomic E-state index is -4.06. The van der Waals surface area contributed by atoms with Gasteiger partial charge in [0.25, 0.3) is 10.0 Å². The van der Waals surface area contributed by atoms with Crippen molar-refractivity contribution in [1.29, 1.82) is 0 Å². The van der Waals surface area contributed by atoms with Crippen molar-refractivity contribution in [1.82, 2.24) is 10.2 Å². The largest absolute Gasteiger partial charge is 0.352 e. The number of benzene rings is 3. The molecule has 0 aromatic heterocycles. The number of nitrogens with zero attached hydrogens (tertiary/aromatic N) is 2. The molecule has 0 saturated carbocycles. The lowest BCUT2D eigenvalue weighted by Gasteiger charge is -2.33. The zero-order valence-corrected chi connectivity index (χ0v) is 24.0. The van der Waals surface area contributed by atoms with E-state index in [0.717, 1.165) is 21.9 Å². The molecule has 0 radical (unpaired) electrons. The maximum Gasteiger partial charge on any atom is 0.264 e. The van der Waals surface area contributed by atoms with Crippen molar-refractivity contribution in [3.63, 3.8) is 0 Å². The third-order valence-corrected chi connectivity index (χ3v) is 8.56. The number of anilines is 1. The van der Waals surface area contributed by atoms with Crippen LogP contribution in [0.15, 0.2) is 89.8 Å². The van der Waals surface area contributed by atoms with Gasteiger partial charge in [0.05, 0.1) is 10.6 Å². The standard InChI is InChI=1S/C31H39N3O4S/c1-5-25(4)32-31(36)29(6-2)33(21-20-26-15-9-7-10-16-26)30(35)23-34(27-17-13-14-24(3)22-27)39(37,38)28-18-11-8-12-19-28/h7-19,22,25,29H,5-6,20-21,23H2,1-4H3,(H,32,36)/t25-,29-/m1/s1. The molecule has 3 aromatic carbocycles. The van der Waals surface area contributed by atoms with E-state index in [1.807, 2.05) is 64.1 Å². The second kappa shape index (κ2) is 13.9. The van der Waals surface area contributed by atoms with Crippen molar-refractivity contribution in [3.8, 4) is 0 Å². The molecule has 0 aliphatic rings. The van der Waals surface area contributed by atoms with Gasteiger partial charge in [-0.3, -0.25) is 13.9 Å². The second-order valence-electron chi connectivity index (χ2n) is 9.73. The van der Waals surface area contributed by atoms with Gasteiger partial charge in [-0.05, 0) is 68.5 Å². The molecule has 39 heavy (non-hydrogen) atoms. The topological polar surface area (TPSA) is 86.8 Å². The highest BCUT2D eigenvalue weighted by molar-refractivity contribution is 7.92. The molecular weight excluding hydrogens is 510 g/mol. The maximum absolute atomic E-state index is 14.0. The van der Waals surface area contributed by atoms with E-state index in [1.54, 1.807) is 36.4 Å². The molecule has 208 valence electrons. The highest BCUT2D eigenvalue weighted by atomic mass is 32.2. The minimum absolute atomic E-state index is 0.0418. The molecule has 3 aromatic rings. The Labute approximate surface area is 232 Å². The van der Waals surface area contributed by atoms with E-state index in [-0.39, 0.29) is 23.4 Å². The van der Waals surface area contributed by atoms with Gasteiger partial charge in [-0.15, -0.1) is 0 Å². The number of carbonyl (C=O) groups is 2. The zero-order chi connectivity index (χ0) is 28.4. The molecule has 1 N–H and O–H groups in total. The Balaban J connectivity index is 1.99. The SMILES string of the molecule is CC[C@@H](C)NC(=O)[C@@H](CC)N(CCc1ccccc1)C(=O)CN(c1cccc(C)c1)S(=O)(=O)c1ccccc1. The molecule has 0 heterocycles. The molecular formula is C31H39N3O4S. The van der Waals surface area contributed by atoms with Crippen molar-refractivity contribution < 1.29 is 18.0 Å². The summed E-state index contributed by atoms with van der Waals surface area (Å²) in [7, 11) is -4.06. The number of hydrogen-bond acceptors (Lipinski definition) is 4. The van der Waals surface area contributed by atoms with Gasteiger partial charge in [0.1, 0.15) is 12.6 Å². The van der Waals surface area contributed by atoms with Gasteiger partial charge in [0, 0.05) is 12.6 Å². The van der Waals surface area contributed by atoms with Gasteiger partial charge >= 0.3 is 0 Å². The van der Waals surface area contributed by atoms with E-state index in [9.17, 15) is 18.0 Å². The first-order valence-corrected chi connectivity index (χ1v) is 14.9. The maximum atomic E-state index is 14.0. The summed E-state index contributed by atoms with van der Waals surface area (Å²) in [6.07, 6.45) is 1.70. The molecule has 8 heteroatoms. The van der Waals surface area contributed by atoms with Crippen LogP contribution in [-0.2, 0) is 26.0 Å². The normalized spacial score (nSPS) is 12.8. The number of rotatable bonds is 13. The highest BCUT2D eigenvalue weighted by Crippen LogP contribution is 2.25. The molecule has 0 saturated heterocycles. The van der Waals surface area contributed by atoms with Crippen LogP contribution in [-0.4, -0.2) is 50.3 Å². The average Bonchev–Trinajstić information content (AvgIpc) is 2.94. The quantitative estimate of drug-likeness (QED) is 0.327. The van der Waals surface area contributed by atoms with Crippen LogP contribution < -0.4 is 9.62 Å². The molecule has 2 atom stereocenters. The van der Waals surface area contributed by atoms with Crippen LogP contribution >= 0.6 is 0 Å². The summed E-state index contributed by atoms with van der Waals surface area (Å²) in [4.78, 5) is 28.9. The van der Waals surface area contributed by atoms with Gasteiger partial charge in [0.15, 0.2) is 0 Å². The third-order valence-electron chi connectivity index (χ3n) is 6.77. The first-order chi connectivity index (χ1) is 18.7. The van der Waals surface area contributed by atoms with E-state index in [2.05, 4.69) is 5.32 Å². The molecule has 0 fully saturated rings. The number of hydrogen-bond donors (Lipinski definition) is 1. The lowest BCUT2D eigenvalue weighted by molar-refractivity contribution is -0.139. The fourth-order valence-electron chi connectivity index (χ4n) is 4.37. The molecule has 7 nitrogen and oxygen atoms in total. The van der Waals surface area contributed by atoms with Crippen molar-refractivity contribution >= 4 is 27.5 Å². The fourth-order valence-corrected chi connectivity index (χ4v) is 5.80. The predicted molar refractivity (Wildman–Crippen MR) is 156 cm³/mol. The summed E-state index contributed by atoms with van der Waals surface area (Å²) in [5, 5.41) is 3.00. The summed E-state index contributed by atoms with van der Waals surface area (Å²) in [6.45, 7) is 7.50. The lowest BCUT2D eigenvalue weighted by atomic mass is 10.1. The van der Waals surface area contributed by atoms with Crippen molar-refractivity contribution in [2.45, 2.75) is 63.9 Å². The Kier molecular flexibility index (Phi) is 10.7. The van der Waals surface area contributed by atoms with E-state index < -0.39 is 28.5 Å². The summed E-state index contributed by atoms with van der Waals surface area (Å²) in [5.41, 5.74) is 2.29. The van der Waals surface area contributed by atoms with Crippen molar-refractivity contribution in [3.05, 3.63) is 96.1 Å². The first kappa shape index (κ1) is 29.9. The van der Waals surface area contributed by atoms with Gasteiger partial charge in [-0.1, -0.05) is 74.5 Å². The van der Waals surface area contributed by atoms with Gasteiger partial charge in [0.2, 0.25) is 11.8 Å². The molecule has 0 bridgehead atoms. The Bertz CT molecular complexity index is 1330. The Morgan fingerprint density at radius 3 is 2.10 bits per heavy atom. The number of aryl methyl sites for hydroxylation is 1. The minimum Gasteiger partial charge on any atom is -0.352 e. The van der Waals surface area contributed by atoms with E-state index in [1.165, 1.54) is 17.0 Å². The summed E-state index contributed by atoms with van der Waals surface area (Å²) in [5.74, 6) is -0.667. The third kappa shape index (κ3) is 7.93. The number of carbonyl (C=O) groups excluding carboxylic acids is 2. The van der Waals surface area contributed by atoms with Crippen LogP contribution in [0.25, 0.3) is 0 Å². The predicted octanol–water partition coefficient (Wildman–Crippen LogP) is 4.95. The van der Waals surface area contributed by atoms with Gasteiger partial charge < -0.3 is 10.2 Å². The molecule has 2 amide bonds. The lowest BCUT2D eigenvalue weighted by Crippen LogP contribution is -2.54. The van der Waals surface area contributed by atoms with Crippen LogP contribution in [0.1, 0.15) is 44.7 Å². The number of amides is 2. The summed E-state index contributed by atoms with van der Waals surface area (Å²) in [6, 6.07) is 24.1. The second-order valence-corrected chi connectivity index (χ2v) is 11.6. The van der Waals surface area contributed by atoms with E-state index in [0.29, 0.717) is 18.5 Å². The summed E-state index contributed by atoms with van der Waals surface area (Å²) >= 11 is 0. The van der Waals surface area contributed by atoms with Crippen LogP contribution in [0.4, 0.5) is 5.69 Å². The van der Waals surface area contributed by atoms with Crippen LogP contribution in [0.3, 0.4) is 0 Å². The fraction of sp³-hybridized carbons (Fsp3) is 0.355. The van der Waals surface area contributed by atoms with Gasteiger partial charge in [-0.25, -0.2) is 8.42 Å². The molecule has 0 aliphatic carbocycles. The Morgan fingerprint density at radius 2 is 1.51 bits per heavy atom. The number of sulfonamides is 1. The Hall–Kier alpha value is -3.65. The smallest absolute Gasteiger partial charge is 0.264 e. The van der Waals surface area contributed by atoms with Crippen LogP contribution in [0.5, 0.6) is 0 Å². The Morgan fingerprint density at radius 1 is 0.872 bits per heavy atom. The zero-order valence-electron chi connectivity index (χ0n) is 23.2. The molecule has 0 unspecified atom stereocenters. The highest BCUT2D eigenvalue weighted by Gasteiger charge is 2.33. The summed E-state index contributed by atoms with van der Waals surface area (Å²) < 4.78 is 28.8. The van der Waals surface area contributed by atoms with Crippen molar-refractivity contribution in [2.24, 2.45) is 0 Å². The van der Waals surface area contributed by atoms with E-state index in [4.69, 9.17) is 0 Å². The average molecular weight is 550 g/mol.